The van der Waals surface area contributed by atoms with Gasteiger partial charge < -0.3 is 4.55 Å². The molecule has 0 spiro atoms. The molecule has 0 aliphatic rings. The van der Waals surface area contributed by atoms with Gasteiger partial charge in [0.05, 0.1) is 23.2 Å². The Bertz CT molecular complexity index is 330. The van der Waals surface area contributed by atoms with Crippen LogP contribution in [0.2, 0.25) is 0 Å². The van der Waals surface area contributed by atoms with Crippen LogP contribution < -0.4 is 4.57 Å². The van der Waals surface area contributed by atoms with Gasteiger partial charge in [0.15, 0.2) is 0 Å². The van der Waals surface area contributed by atoms with E-state index >= 15 is 0 Å². The smallest absolute Gasteiger partial charge is 0.243 e. The van der Waals surface area contributed by atoms with E-state index in [4.69, 9.17) is 13.0 Å². The molecule has 0 saturated heterocycles. The second-order valence-electron chi connectivity index (χ2n) is 2.78. The number of nitrogens with zero attached hydrogens (tertiary/aromatic N) is 2. The zero-order valence-electron chi connectivity index (χ0n) is 8.67. The van der Waals surface area contributed by atoms with Gasteiger partial charge in [0.2, 0.25) is 6.33 Å². The van der Waals surface area contributed by atoms with Crippen molar-refractivity contribution in [2.24, 2.45) is 0 Å². The number of hydrogen-bond acceptors (Lipinski definition) is 3. The molecule has 6 heteroatoms. The maximum atomic E-state index is 9.08. The predicted molar refractivity (Wildman–Crippen MR) is 51.6 cm³/mol. The fraction of sp³-hybridized carbons (Fsp3) is 0.625. The summed E-state index contributed by atoms with van der Waals surface area (Å²) in [5.41, 5.74) is 0. The van der Waals surface area contributed by atoms with Crippen molar-refractivity contribution in [3.05, 3.63) is 18.7 Å². The Balaban J connectivity index is 0.000000292. The van der Waals surface area contributed by atoms with Crippen molar-refractivity contribution < 1.29 is 17.5 Å². The highest BCUT2D eigenvalue weighted by Gasteiger charge is 1.95. The Hall–Kier alpha value is -0.880. The summed E-state index contributed by atoms with van der Waals surface area (Å²) in [4.78, 5) is 0. The molecule has 0 aliphatic heterocycles. The third-order valence-corrected chi connectivity index (χ3v) is 1.48. The molecule has 1 aromatic rings. The van der Waals surface area contributed by atoms with Crippen LogP contribution in [0.15, 0.2) is 18.7 Å². The maximum absolute atomic E-state index is 9.08. The molecule has 0 radical (unpaired) electrons. The van der Waals surface area contributed by atoms with Gasteiger partial charge in [0.25, 0.3) is 0 Å². The molecule has 0 bridgehead atoms. The van der Waals surface area contributed by atoms with Crippen molar-refractivity contribution in [3.63, 3.8) is 0 Å². The van der Waals surface area contributed by atoms with E-state index in [-0.39, 0.29) is 0 Å². The summed E-state index contributed by atoms with van der Waals surface area (Å²) in [5, 5.41) is 0. The molecule has 0 saturated carbocycles. The molecule has 14 heavy (non-hydrogen) atoms. The quantitative estimate of drug-likeness (QED) is 0.519. The molecule has 1 heterocycles. The average molecular weight is 220 g/mol. The van der Waals surface area contributed by atoms with Crippen molar-refractivity contribution in [2.45, 2.75) is 26.9 Å². The summed E-state index contributed by atoms with van der Waals surface area (Å²) in [6.07, 6.45) is 6.89. The Kier molecular flexibility index (Phi) is 5.40. The van der Waals surface area contributed by atoms with E-state index in [1.165, 1.54) is 0 Å². The van der Waals surface area contributed by atoms with E-state index in [1.54, 1.807) is 0 Å². The molecular weight excluding hydrogens is 204 g/mol. The lowest BCUT2D eigenvalue weighted by Gasteiger charge is -1.90. The van der Waals surface area contributed by atoms with E-state index in [0.29, 0.717) is 6.26 Å². The third-order valence-electron chi connectivity index (χ3n) is 1.48. The molecule has 1 aromatic heterocycles. The van der Waals surface area contributed by atoms with Crippen LogP contribution in [-0.2, 0) is 23.2 Å². The molecule has 0 fully saturated rings. The fourth-order valence-corrected chi connectivity index (χ4v) is 0.813. The molecular formula is C8H16N2O3S. The van der Waals surface area contributed by atoms with Crippen molar-refractivity contribution in [2.75, 3.05) is 6.26 Å². The fourth-order valence-electron chi connectivity index (χ4n) is 0.813. The minimum absolute atomic E-state index is 0.604. The number of aryl methyl sites for hydroxylation is 2. The minimum Gasteiger partial charge on any atom is -0.748 e. The van der Waals surface area contributed by atoms with Crippen LogP contribution in [0.3, 0.4) is 0 Å². The summed E-state index contributed by atoms with van der Waals surface area (Å²) >= 11 is 0. The minimum atomic E-state index is -3.92. The topological polar surface area (TPSA) is 66.0 Å². The molecule has 0 aromatic carbocycles. The SMILES string of the molecule is CCn1cc[n+](CC)c1.CS(=O)(=O)[O-]. The van der Waals surface area contributed by atoms with Gasteiger partial charge >= 0.3 is 0 Å². The number of imidazole rings is 1. The first kappa shape index (κ1) is 13.1. The largest absolute Gasteiger partial charge is 0.748 e. The average Bonchev–Trinajstić information content (AvgIpc) is 2.48. The van der Waals surface area contributed by atoms with Gasteiger partial charge in [-0.1, -0.05) is 0 Å². The lowest BCUT2D eigenvalue weighted by molar-refractivity contribution is -0.693. The normalized spacial score (nSPS) is 10.6. The maximum Gasteiger partial charge on any atom is 0.243 e. The summed E-state index contributed by atoms with van der Waals surface area (Å²) < 4.78 is 31.5. The van der Waals surface area contributed by atoms with Crippen molar-refractivity contribution in [1.29, 1.82) is 0 Å². The highest BCUT2D eigenvalue weighted by Crippen LogP contribution is 1.81. The Labute approximate surface area is 84.7 Å². The lowest BCUT2D eigenvalue weighted by Crippen LogP contribution is -2.28. The van der Waals surface area contributed by atoms with Crippen LogP contribution in [0.4, 0.5) is 0 Å². The summed E-state index contributed by atoms with van der Waals surface area (Å²) in [7, 11) is -3.92. The van der Waals surface area contributed by atoms with Crippen LogP contribution in [0.1, 0.15) is 13.8 Å². The van der Waals surface area contributed by atoms with Crippen LogP contribution in [0.5, 0.6) is 0 Å². The third kappa shape index (κ3) is 7.75. The molecule has 0 atom stereocenters. The highest BCUT2D eigenvalue weighted by atomic mass is 32.2. The van der Waals surface area contributed by atoms with Gasteiger partial charge in [-0.25, -0.2) is 17.6 Å². The van der Waals surface area contributed by atoms with Crippen molar-refractivity contribution in [1.82, 2.24) is 4.57 Å². The predicted octanol–water partition coefficient (Wildman–Crippen LogP) is -0.0232. The molecule has 0 N–H and O–H groups in total. The first-order chi connectivity index (χ1) is 6.36. The van der Waals surface area contributed by atoms with Gasteiger partial charge in [-0.15, -0.1) is 0 Å². The molecule has 0 amide bonds. The van der Waals surface area contributed by atoms with E-state index in [0.717, 1.165) is 13.1 Å². The van der Waals surface area contributed by atoms with Gasteiger partial charge in [0.1, 0.15) is 12.4 Å². The number of aromatic nitrogens is 2. The Morgan fingerprint density at radius 1 is 1.43 bits per heavy atom. The zero-order chi connectivity index (χ0) is 11.2. The standard InChI is InChI=1S/C7H13N2.CH4O3S/c1-3-8-5-6-9(4-2)7-8;1-5(2,3)4/h5-7H,3-4H2,1-2H3;1H3,(H,2,3,4)/q+1;/p-1. The van der Waals surface area contributed by atoms with Crippen LogP contribution in [0.25, 0.3) is 0 Å². The Morgan fingerprint density at radius 2 is 1.93 bits per heavy atom. The van der Waals surface area contributed by atoms with Gasteiger partial charge in [-0.3, -0.25) is 0 Å². The van der Waals surface area contributed by atoms with E-state index < -0.39 is 10.1 Å². The zero-order valence-corrected chi connectivity index (χ0v) is 9.49. The van der Waals surface area contributed by atoms with Crippen LogP contribution in [-0.4, -0.2) is 23.8 Å². The number of rotatable bonds is 2. The van der Waals surface area contributed by atoms with Crippen molar-refractivity contribution in [3.8, 4) is 0 Å². The second-order valence-corrected chi connectivity index (χ2v) is 4.19. The second kappa shape index (κ2) is 5.77. The molecule has 0 aliphatic carbocycles. The van der Waals surface area contributed by atoms with Gasteiger partial charge in [-0.2, -0.15) is 0 Å². The van der Waals surface area contributed by atoms with Crippen LogP contribution in [0, 0.1) is 0 Å². The lowest BCUT2D eigenvalue weighted by atomic mass is 10.7. The van der Waals surface area contributed by atoms with Crippen LogP contribution >= 0.6 is 0 Å². The number of hydrogen-bond donors (Lipinski definition) is 0. The van der Waals surface area contributed by atoms with Crippen molar-refractivity contribution >= 4 is 10.1 Å². The van der Waals surface area contributed by atoms with E-state index in [2.05, 4.69) is 41.7 Å². The first-order valence-corrected chi connectivity index (χ1v) is 6.14. The van der Waals surface area contributed by atoms with Gasteiger partial charge in [-0.05, 0) is 13.8 Å². The molecule has 5 nitrogen and oxygen atoms in total. The molecule has 1 rings (SSSR count). The molecule has 82 valence electrons. The monoisotopic (exact) mass is 220 g/mol. The van der Waals surface area contributed by atoms with E-state index in [9.17, 15) is 0 Å². The Morgan fingerprint density at radius 3 is 2.14 bits per heavy atom. The molecule has 0 unspecified atom stereocenters. The van der Waals surface area contributed by atoms with Gasteiger partial charge in [0, 0.05) is 6.26 Å². The summed E-state index contributed by atoms with van der Waals surface area (Å²) in [6.45, 7) is 6.40. The first-order valence-electron chi connectivity index (χ1n) is 4.32. The highest BCUT2D eigenvalue weighted by molar-refractivity contribution is 7.84. The summed E-state index contributed by atoms with van der Waals surface area (Å²) in [5.74, 6) is 0. The van der Waals surface area contributed by atoms with E-state index in [1.807, 2.05) is 0 Å². The summed E-state index contributed by atoms with van der Waals surface area (Å²) in [6, 6.07) is 0.